The summed E-state index contributed by atoms with van der Waals surface area (Å²) in [6.07, 6.45) is 0.866. The van der Waals surface area contributed by atoms with Crippen molar-refractivity contribution in [3.8, 4) is 5.75 Å². The van der Waals surface area contributed by atoms with E-state index in [9.17, 15) is 19.5 Å². The molecule has 1 aliphatic heterocycles. The highest BCUT2D eigenvalue weighted by atomic mass is 32.2. The summed E-state index contributed by atoms with van der Waals surface area (Å²) in [5.41, 5.74) is 1.04. The van der Waals surface area contributed by atoms with E-state index in [1.807, 2.05) is 0 Å². The quantitative estimate of drug-likeness (QED) is 0.754. The van der Waals surface area contributed by atoms with Crippen LogP contribution in [0.25, 0.3) is 6.08 Å². The Labute approximate surface area is 160 Å². The van der Waals surface area contributed by atoms with Crippen molar-refractivity contribution < 1.29 is 24.2 Å². The van der Waals surface area contributed by atoms with Crippen LogP contribution in [-0.2, 0) is 9.59 Å². The molecule has 0 aromatic heterocycles. The molecule has 27 heavy (non-hydrogen) atoms. The number of thioether (sulfide) groups is 1. The molecule has 138 valence electrons. The standard InChI is InChI=1S/C20H17NO5S/c1-2-15(19(23)24)26-16-11-7-6-8-13(16)12-17-18(22)21(20(25)27-17)14-9-4-3-5-10-14/h3-12,15H,2H2,1H3,(H,23,24)/b17-12+. The first-order chi connectivity index (χ1) is 13.0. The minimum Gasteiger partial charge on any atom is -0.479 e. The van der Waals surface area contributed by atoms with Crippen molar-refractivity contribution in [1.82, 2.24) is 0 Å². The predicted molar refractivity (Wildman–Crippen MR) is 104 cm³/mol. The van der Waals surface area contributed by atoms with Crippen molar-refractivity contribution >= 4 is 40.6 Å². The molecule has 0 saturated carbocycles. The number of rotatable bonds is 6. The van der Waals surface area contributed by atoms with Crippen LogP contribution >= 0.6 is 11.8 Å². The van der Waals surface area contributed by atoms with E-state index in [0.29, 0.717) is 23.4 Å². The molecule has 1 heterocycles. The Kier molecular flexibility index (Phi) is 5.61. The summed E-state index contributed by atoms with van der Waals surface area (Å²) in [5, 5.41) is 8.82. The van der Waals surface area contributed by atoms with E-state index in [2.05, 4.69) is 0 Å². The maximum atomic E-state index is 12.7. The number of para-hydroxylation sites is 2. The smallest absolute Gasteiger partial charge is 0.344 e. The molecule has 0 radical (unpaired) electrons. The molecule has 2 aromatic carbocycles. The maximum Gasteiger partial charge on any atom is 0.344 e. The molecule has 0 bridgehead atoms. The molecule has 1 fully saturated rings. The van der Waals surface area contributed by atoms with Crippen LogP contribution in [0.4, 0.5) is 10.5 Å². The van der Waals surface area contributed by atoms with Gasteiger partial charge in [-0.2, -0.15) is 0 Å². The van der Waals surface area contributed by atoms with E-state index in [0.717, 1.165) is 16.7 Å². The summed E-state index contributed by atoms with van der Waals surface area (Å²) in [5.74, 6) is -1.13. The Morgan fingerprint density at radius 1 is 1.15 bits per heavy atom. The van der Waals surface area contributed by atoms with Gasteiger partial charge in [-0.3, -0.25) is 9.59 Å². The lowest BCUT2D eigenvalue weighted by Gasteiger charge is -2.15. The molecular formula is C20H17NO5S. The second kappa shape index (κ2) is 8.09. The topological polar surface area (TPSA) is 83.9 Å². The summed E-state index contributed by atoms with van der Waals surface area (Å²) >= 11 is 0.838. The van der Waals surface area contributed by atoms with Crippen LogP contribution in [0.5, 0.6) is 5.75 Å². The number of ether oxygens (including phenoxy) is 1. The first kappa shape index (κ1) is 18.7. The minimum atomic E-state index is -1.06. The van der Waals surface area contributed by atoms with Gasteiger partial charge >= 0.3 is 5.97 Å². The minimum absolute atomic E-state index is 0.253. The van der Waals surface area contributed by atoms with E-state index in [-0.39, 0.29) is 10.1 Å². The number of benzene rings is 2. The number of nitrogens with zero attached hydrogens (tertiary/aromatic N) is 1. The van der Waals surface area contributed by atoms with Gasteiger partial charge in [0.05, 0.1) is 10.6 Å². The van der Waals surface area contributed by atoms with Crippen LogP contribution in [-0.4, -0.2) is 28.3 Å². The number of carbonyl (C=O) groups excluding carboxylic acids is 2. The van der Waals surface area contributed by atoms with Crippen LogP contribution < -0.4 is 9.64 Å². The second-order valence-electron chi connectivity index (χ2n) is 5.74. The van der Waals surface area contributed by atoms with Gasteiger partial charge in [0, 0.05) is 5.56 Å². The lowest BCUT2D eigenvalue weighted by atomic mass is 10.1. The highest BCUT2D eigenvalue weighted by Crippen LogP contribution is 2.36. The Balaban J connectivity index is 1.91. The summed E-state index contributed by atoms with van der Waals surface area (Å²) in [6.45, 7) is 1.71. The van der Waals surface area contributed by atoms with Crippen molar-refractivity contribution in [2.45, 2.75) is 19.4 Å². The van der Waals surface area contributed by atoms with Crippen LogP contribution in [0.2, 0.25) is 0 Å². The molecule has 1 N–H and O–H groups in total. The van der Waals surface area contributed by atoms with Gasteiger partial charge in [0.15, 0.2) is 6.10 Å². The predicted octanol–water partition coefficient (Wildman–Crippen LogP) is 4.17. The molecule has 1 atom stereocenters. The third kappa shape index (κ3) is 4.03. The van der Waals surface area contributed by atoms with Crippen LogP contribution in [0.3, 0.4) is 0 Å². The SMILES string of the molecule is CCC(Oc1ccccc1/C=C1/SC(=O)N(c2ccccc2)C1=O)C(=O)O. The Morgan fingerprint density at radius 3 is 2.48 bits per heavy atom. The van der Waals surface area contributed by atoms with Gasteiger partial charge in [0.2, 0.25) is 0 Å². The number of amides is 2. The lowest BCUT2D eigenvalue weighted by Crippen LogP contribution is -2.27. The van der Waals surface area contributed by atoms with Crippen LogP contribution in [0.15, 0.2) is 59.5 Å². The fourth-order valence-electron chi connectivity index (χ4n) is 2.58. The number of hydrogen-bond acceptors (Lipinski definition) is 5. The number of hydrogen-bond donors (Lipinski definition) is 1. The molecule has 3 rings (SSSR count). The normalized spacial score (nSPS) is 16.6. The Morgan fingerprint density at radius 2 is 1.81 bits per heavy atom. The molecule has 7 heteroatoms. The number of carboxylic acid groups (broad SMARTS) is 1. The zero-order valence-corrected chi connectivity index (χ0v) is 15.3. The summed E-state index contributed by atoms with van der Waals surface area (Å²) in [4.78, 5) is 37.6. The maximum absolute atomic E-state index is 12.7. The average molecular weight is 383 g/mol. The largest absolute Gasteiger partial charge is 0.479 e. The lowest BCUT2D eigenvalue weighted by molar-refractivity contribution is -0.145. The van der Waals surface area contributed by atoms with E-state index in [4.69, 9.17) is 4.74 Å². The highest BCUT2D eigenvalue weighted by molar-refractivity contribution is 8.19. The molecule has 1 unspecified atom stereocenters. The van der Waals surface area contributed by atoms with Gasteiger partial charge in [-0.05, 0) is 42.5 Å². The second-order valence-corrected chi connectivity index (χ2v) is 6.74. The van der Waals surface area contributed by atoms with Crippen LogP contribution in [0, 0.1) is 0 Å². The number of carboxylic acids is 1. The van der Waals surface area contributed by atoms with Crippen LogP contribution in [0.1, 0.15) is 18.9 Å². The molecule has 0 spiro atoms. The number of aliphatic carboxylic acids is 1. The van der Waals surface area contributed by atoms with E-state index < -0.39 is 18.0 Å². The molecule has 0 aliphatic carbocycles. The third-order valence-corrected chi connectivity index (χ3v) is 4.80. The molecule has 2 aromatic rings. The number of anilines is 1. The fraction of sp³-hybridized carbons (Fsp3) is 0.150. The number of imide groups is 1. The monoisotopic (exact) mass is 383 g/mol. The molecule has 1 aliphatic rings. The average Bonchev–Trinajstić information content (AvgIpc) is 2.94. The molecule has 2 amide bonds. The van der Waals surface area contributed by atoms with Gasteiger partial charge in [-0.25, -0.2) is 9.69 Å². The zero-order valence-electron chi connectivity index (χ0n) is 14.5. The highest BCUT2D eigenvalue weighted by Gasteiger charge is 2.36. The Hall–Kier alpha value is -3.06. The molecule has 6 nitrogen and oxygen atoms in total. The van der Waals surface area contributed by atoms with Gasteiger partial charge in [0.25, 0.3) is 11.1 Å². The van der Waals surface area contributed by atoms with Gasteiger partial charge in [-0.15, -0.1) is 0 Å². The summed E-state index contributed by atoms with van der Waals surface area (Å²) in [6, 6.07) is 15.5. The van der Waals surface area contributed by atoms with Crippen molar-refractivity contribution in [1.29, 1.82) is 0 Å². The fourth-order valence-corrected chi connectivity index (χ4v) is 3.41. The first-order valence-corrected chi connectivity index (χ1v) is 9.14. The molecular weight excluding hydrogens is 366 g/mol. The van der Waals surface area contributed by atoms with Gasteiger partial charge < -0.3 is 9.84 Å². The Bertz CT molecular complexity index is 910. The van der Waals surface area contributed by atoms with E-state index in [1.165, 1.54) is 0 Å². The van der Waals surface area contributed by atoms with Gasteiger partial charge in [-0.1, -0.05) is 43.3 Å². The van der Waals surface area contributed by atoms with Crippen molar-refractivity contribution in [3.63, 3.8) is 0 Å². The van der Waals surface area contributed by atoms with E-state index >= 15 is 0 Å². The summed E-state index contributed by atoms with van der Waals surface area (Å²) in [7, 11) is 0. The van der Waals surface area contributed by atoms with Crippen molar-refractivity contribution in [2.75, 3.05) is 4.90 Å². The summed E-state index contributed by atoms with van der Waals surface area (Å²) < 4.78 is 5.58. The molecule has 1 saturated heterocycles. The van der Waals surface area contributed by atoms with E-state index in [1.54, 1.807) is 67.6 Å². The van der Waals surface area contributed by atoms with Crippen molar-refractivity contribution in [2.24, 2.45) is 0 Å². The van der Waals surface area contributed by atoms with Gasteiger partial charge in [0.1, 0.15) is 5.75 Å². The number of carbonyl (C=O) groups is 3. The first-order valence-electron chi connectivity index (χ1n) is 8.32. The zero-order chi connectivity index (χ0) is 19.4. The van der Waals surface area contributed by atoms with Crippen molar-refractivity contribution in [3.05, 3.63) is 65.1 Å². The third-order valence-electron chi connectivity index (χ3n) is 3.93.